The van der Waals surface area contributed by atoms with E-state index in [1.54, 1.807) is 7.11 Å². The van der Waals surface area contributed by atoms with Crippen LogP contribution < -0.4 is 10.5 Å². The van der Waals surface area contributed by atoms with Crippen molar-refractivity contribution in [3.05, 3.63) is 64.9 Å². The fraction of sp³-hybridized carbons (Fsp3) is 0.400. The van der Waals surface area contributed by atoms with Gasteiger partial charge in [-0.15, -0.1) is 35.0 Å². The van der Waals surface area contributed by atoms with Crippen LogP contribution in [0.2, 0.25) is 5.02 Å². The zero-order valence-corrected chi connectivity index (χ0v) is 21.9. The molecule has 7 nitrogen and oxygen atoms in total. The summed E-state index contributed by atoms with van der Waals surface area (Å²) in [6.45, 7) is 1.31. The Hall–Kier alpha value is -2.32. The predicted molar refractivity (Wildman–Crippen MR) is 141 cm³/mol. The summed E-state index contributed by atoms with van der Waals surface area (Å²) in [7, 11) is 1.63. The normalized spacial score (nSPS) is 21.5. The molecule has 1 aliphatic heterocycles. The van der Waals surface area contributed by atoms with Crippen molar-refractivity contribution < 1.29 is 9.53 Å². The van der Waals surface area contributed by atoms with Crippen molar-refractivity contribution in [2.24, 2.45) is 5.73 Å². The molecule has 0 atom stereocenters. The molecule has 2 aromatic carbocycles. The number of carbonyl (C=O) groups excluding carboxylic acids is 1. The number of hydrogen-bond donors (Lipinski definition) is 1. The molecular formula is C25H30Cl3N5O2. The van der Waals surface area contributed by atoms with Crippen LogP contribution in [0, 0.1) is 0 Å². The summed E-state index contributed by atoms with van der Waals surface area (Å²) < 4.78 is 7.25. The zero-order chi connectivity index (χ0) is 23.0. The first-order valence-corrected chi connectivity index (χ1v) is 11.7. The van der Waals surface area contributed by atoms with Crippen LogP contribution in [-0.4, -0.2) is 45.3 Å². The van der Waals surface area contributed by atoms with E-state index in [2.05, 4.69) is 16.3 Å². The highest BCUT2D eigenvalue weighted by Gasteiger charge is 2.40. The van der Waals surface area contributed by atoms with E-state index < -0.39 is 0 Å². The SMILES string of the molecule is COc1cccc(-c2nnc3n2CC(=O)N([C@H]2CC[C@](CN)(c4cccc(Cl)c4)CC2)C3)c1.Cl.Cl. The van der Waals surface area contributed by atoms with Gasteiger partial charge in [-0.1, -0.05) is 35.9 Å². The number of fused-ring (bicyclic) bond motifs is 1. The number of hydrogen-bond acceptors (Lipinski definition) is 5. The lowest BCUT2D eigenvalue weighted by atomic mass is 9.68. The topological polar surface area (TPSA) is 86.3 Å². The molecule has 1 amide bonds. The number of ether oxygens (including phenoxy) is 1. The molecule has 1 saturated carbocycles. The van der Waals surface area contributed by atoms with E-state index in [1.807, 2.05) is 51.9 Å². The maximum Gasteiger partial charge on any atom is 0.243 e. The molecule has 1 fully saturated rings. The van der Waals surface area contributed by atoms with Gasteiger partial charge >= 0.3 is 0 Å². The summed E-state index contributed by atoms with van der Waals surface area (Å²) in [6, 6.07) is 15.9. The number of benzene rings is 2. The number of carbonyl (C=O) groups is 1. The number of nitrogens with zero attached hydrogens (tertiary/aromatic N) is 4. The molecule has 2 aliphatic rings. The molecule has 0 bridgehead atoms. The number of methoxy groups -OCH3 is 1. The Balaban J connectivity index is 0.00000171. The second-order valence-corrected chi connectivity index (χ2v) is 9.44. The maximum atomic E-state index is 13.2. The number of nitrogens with two attached hydrogens (primary N) is 1. The molecule has 0 radical (unpaired) electrons. The highest BCUT2D eigenvalue weighted by atomic mass is 35.5. The number of halogens is 3. The largest absolute Gasteiger partial charge is 0.497 e. The van der Waals surface area contributed by atoms with Crippen molar-refractivity contribution in [2.75, 3.05) is 13.7 Å². The molecule has 3 aromatic rings. The third kappa shape index (κ3) is 5.14. The van der Waals surface area contributed by atoms with E-state index >= 15 is 0 Å². The first kappa shape index (κ1) is 27.3. The molecule has 0 spiro atoms. The molecule has 2 N–H and O–H groups in total. The van der Waals surface area contributed by atoms with Crippen molar-refractivity contribution >= 4 is 42.3 Å². The molecule has 5 rings (SSSR count). The highest BCUT2D eigenvalue weighted by molar-refractivity contribution is 6.30. The maximum absolute atomic E-state index is 13.2. The first-order chi connectivity index (χ1) is 16.0. The summed E-state index contributed by atoms with van der Waals surface area (Å²) in [5.74, 6) is 2.37. The molecule has 10 heteroatoms. The second-order valence-electron chi connectivity index (χ2n) is 9.01. The van der Waals surface area contributed by atoms with Crippen molar-refractivity contribution in [1.29, 1.82) is 0 Å². The van der Waals surface area contributed by atoms with Crippen LogP contribution in [0.3, 0.4) is 0 Å². The van der Waals surface area contributed by atoms with E-state index in [0.29, 0.717) is 18.9 Å². The van der Waals surface area contributed by atoms with Gasteiger partial charge in [-0.3, -0.25) is 9.36 Å². The third-order valence-corrected chi connectivity index (χ3v) is 7.50. The second kappa shape index (κ2) is 11.2. The van der Waals surface area contributed by atoms with Gasteiger partial charge < -0.3 is 15.4 Å². The van der Waals surface area contributed by atoms with E-state index in [0.717, 1.165) is 47.8 Å². The standard InChI is InChI=1S/C25H28ClN5O2.2ClH/c1-33-21-7-2-4-17(12-21)24-29-28-22-14-30(23(32)15-31(22)24)20-8-10-25(16-27,11-9-20)18-5-3-6-19(26)13-18;;/h2-7,12-13,20H,8-11,14-16,27H2,1H3;2*1H/t20-,25-;;. The van der Waals surface area contributed by atoms with E-state index in [-0.39, 0.29) is 48.7 Å². The van der Waals surface area contributed by atoms with Crippen molar-refractivity contribution in [1.82, 2.24) is 19.7 Å². The summed E-state index contributed by atoms with van der Waals surface area (Å²) in [5.41, 5.74) is 8.26. The number of amides is 1. The molecular weight excluding hydrogens is 509 g/mol. The Morgan fingerprint density at radius 1 is 1.09 bits per heavy atom. The van der Waals surface area contributed by atoms with Gasteiger partial charge in [0, 0.05) is 28.6 Å². The Morgan fingerprint density at radius 3 is 2.51 bits per heavy atom. The lowest BCUT2D eigenvalue weighted by Crippen LogP contribution is -2.50. The fourth-order valence-electron chi connectivity index (χ4n) is 5.29. The third-order valence-electron chi connectivity index (χ3n) is 7.26. The van der Waals surface area contributed by atoms with Crippen LogP contribution in [0.1, 0.15) is 37.1 Å². The minimum atomic E-state index is -0.0835. The van der Waals surface area contributed by atoms with Gasteiger partial charge in [0.2, 0.25) is 5.91 Å². The highest BCUT2D eigenvalue weighted by Crippen LogP contribution is 2.41. The molecule has 1 aliphatic carbocycles. The molecule has 2 heterocycles. The summed E-state index contributed by atoms with van der Waals surface area (Å²) >= 11 is 6.25. The fourth-order valence-corrected chi connectivity index (χ4v) is 5.48. The van der Waals surface area contributed by atoms with Crippen LogP contribution in [0.4, 0.5) is 0 Å². The minimum absolute atomic E-state index is 0. The molecule has 0 unspecified atom stereocenters. The van der Waals surface area contributed by atoms with Gasteiger partial charge in [-0.2, -0.15) is 0 Å². The van der Waals surface area contributed by atoms with Crippen molar-refractivity contribution in [2.45, 2.75) is 50.2 Å². The Morgan fingerprint density at radius 2 is 1.83 bits per heavy atom. The molecule has 0 saturated heterocycles. The number of aromatic nitrogens is 3. The predicted octanol–water partition coefficient (Wildman–Crippen LogP) is 4.63. The van der Waals surface area contributed by atoms with Gasteiger partial charge in [0.15, 0.2) is 11.6 Å². The molecule has 1 aromatic heterocycles. The Kier molecular flexibility index (Phi) is 8.70. The lowest BCUT2D eigenvalue weighted by Gasteiger charge is -2.44. The van der Waals surface area contributed by atoms with Crippen molar-refractivity contribution in [3.63, 3.8) is 0 Å². The molecule has 188 valence electrons. The smallest absolute Gasteiger partial charge is 0.243 e. The summed E-state index contributed by atoms with van der Waals surface area (Å²) in [6.07, 6.45) is 3.68. The average molecular weight is 539 g/mol. The summed E-state index contributed by atoms with van der Waals surface area (Å²) in [4.78, 5) is 15.2. The monoisotopic (exact) mass is 537 g/mol. The number of rotatable bonds is 5. The van der Waals surface area contributed by atoms with E-state index in [4.69, 9.17) is 22.1 Å². The van der Waals surface area contributed by atoms with E-state index in [1.165, 1.54) is 5.56 Å². The molecule has 35 heavy (non-hydrogen) atoms. The van der Waals surface area contributed by atoms with Crippen LogP contribution in [0.15, 0.2) is 48.5 Å². The van der Waals surface area contributed by atoms with Crippen LogP contribution >= 0.6 is 36.4 Å². The Bertz CT molecular complexity index is 1180. The van der Waals surface area contributed by atoms with Gasteiger partial charge in [0.25, 0.3) is 0 Å². The van der Waals surface area contributed by atoms with Crippen LogP contribution in [-0.2, 0) is 23.3 Å². The lowest BCUT2D eigenvalue weighted by molar-refractivity contribution is -0.137. The zero-order valence-electron chi connectivity index (χ0n) is 19.5. The van der Waals surface area contributed by atoms with Crippen LogP contribution in [0.25, 0.3) is 11.4 Å². The minimum Gasteiger partial charge on any atom is -0.497 e. The first-order valence-electron chi connectivity index (χ1n) is 11.3. The quantitative estimate of drug-likeness (QED) is 0.512. The Labute approximate surface area is 222 Å². The van der Waals surface area contributed by atoms with Gasteiger partial charge in [0.05, 0.1) is 13.7 Å². The van der Waals surface area contributed by atoms with Gasteiger partial charge in [0.1, 0.15) is 12.3 Å². The van der Waals surface area contributed by atoms with Gasteiger partial charge in [-0.05, 0) is 55.5 Å². The van der Waals surface area contributed by atoms with Crippen LogP contribution in [0.5, 0.6) is 5.75 Å². The van der Waals surface area contributed by atoms with E-state index in [9.17, 15) is 4.79 Å². The summed E-state index contributed by atoms with van der Waals surface area (Å²) in [5, 5.41) is 9.54. The van der Waals surface area contributed by atoms with Gasteiger partial charge in [-0.25, -0.2) is 0 Å². The van der Waals surface area contributed by atoms with Crippen molar-refractivity contribution in [3.8, 4) is 17.1 Å². The average Bonchev–Trinajstić information content (AvgIpc) is 3.26.